The molecule has 22 heavy (non-hydrogen) atoms. The molecule has 2 N–H and O–H groups in total. The zero-order valence-corrected chi connectivity index (χ0v) is 12.1. The molecule has 0 aliphatic heterocycles. The molecular weight excluding hydrogens is 308 g/mol. The van der Waals surface area contributed by atoms with Gasteiger partial charge in [-0.15, -0.1) is 11.3 Å². The summed E-state index contributed by atoms with van der Waals surface area (Å²) in [5.74, 6) is -0.0290. The first-order valence-corrected chi connectivity index (χ1v) is 7.05. The van der Waals surface area contributed by atoms with E-state index in [0.29, 0.717) is 10.6 Å². The summed E-state index contributed by atoms with van der Waals surface area (Å²) in [5.41, 5.74) is 0.0159. The maximum absolute atomic E-state index is 11.9. The Labute approximate surface area is 128 Å². The van der Waals surface area contributed by atoms with Gasteiger partial charge >= 0.3 is 6.01 Å². The monoisotopic (exact) mass is 318 g/mol. The Morgan fingerprint density at radius 2 is 2.14 bits per heavy atom. The molecule has 3 aromatic heterocycles. The molecule has 3 aromatic rings. The predicted octanol–water partition coefficient (Wildman–Crippen LogP) is 2.54. The summed E-state index contributed by atoms with van der Waals surface area (Å²) in [7, 11) is 0. The van der Waals surface area contributed by atoms with E-state index in [1.807, 2.05) is 0 Å². The van der Waals surface area contributed by atoms with Crippen molar-refractivity contribution in [2.24, 2.45) is 0 Å². The van der Waals surface area contributed by atoms with Crippen LogP contribution in [-0.4, -0.2) is 22.0 Å². The smallest absolute Gasteiger partial charge is 0.302 e. The van der Waals surface area contributed by atoms with E-state index in [9.17, 15) is 9.59 Å². The van der Waals surface area contributed by atoms with Crippen LogP contribution >= 0.6 is 11.3 Å². The number of thiophene rings is 1. The maximum atomic E-state index is 11.9. The van der Waals surface area contributed by atoms with Crippen LogP contribution in [0.3, 0.4) is 0 Å². The van der Waals surface area contributed by atoms with Crippen LogP contribution in [-0.2, 0) is 0 Å². The Morgan fingerprint density at radius 3 is 2.82 bits per heavy atom. The molecule has 112 valence electrons. The fraction of sp³-hybridized carbons (Fsp3) is 0.0769. The fourth-order valence-electron chi connectivity index (χ4n) is 1.61. The Kier molecular flexibility index (Phi) is 3.71. The molecule has 0 bridgehead atoms. The topological polar surface area (TPSA) is 110 Å². The average molecular weight is 318 g/mol. The van der Waals surface area contributed by atoms with Crippen molar-refractivity contribution < 1.29 is 18.5 Å². The SMILES string of the molecule is Cc1cc(NC(=O)c2coc(NC(=O)c3cccs3)n2)no1. The molecule has 0 fully saturated rings. The molecule has 8 nitrogen and oxygen atoms in total. The van der Waals surface area contributed by atoms with E-state index in [0.717, 1.165) is 6.26 Å². The minimum atomic E-state index is -0.520. The molecule has 3 heterocycles. The van der Waals surface area contributed by atoms with Crippen LogP contribution in [0.5, 0.6) is 0 Å². The Balaban J connectivity index is 1.65. The highest BCUT2D eigenvalue weighted by atomic mass is 32.1. The fourth-order valence-corrected chi connectivity index (χ4v) is 2.23. The van der Waals surface area contributed by atoms with Gasteiger partial charge in [-0.2, -0.15) is 4.98 Å². The number of hydrogen-bond acceptors (Lipinski definition) is 7. The lowest BCUT2D eigenvalue weighted by Gasteiger charge is -1.97. The van der Waals surface area contributed by atoms with Gasteiger partial charge in [-0.1, -0.05) is 11.2 Å². The summed E-state index contributed by atoms with van der Waals surface area (Å²) >= 11 is 1.29. The van der Waals surface area contributed by atoms with Gasteiger partial charge in [0.25, 0.3) is 11.8 Å². The molecule has 3 rings (SSSR count). The number of nitrogens with zero attached hydrogens (tertiary/aromatic N) is 2. The molecule has 0 saturated heterocycles. The summed E-state index contributed by atoms with van der Waals surface area (Å²) in [6, 6.07) is 4.94. The quantitative estimate of drug-likeness (QED) is 0.765. The van der Waals surface area contributed by atoms with Crippen molar-refractivity contribution >= 4 is 35.0 Å². The Hall–Kier alpha value is -2.94. The first kappa shape index (κ1) is 14.0. The summed E-state index contributed by atoms with van der Waals surface area (Å²) < 4.78 is 9.89. The third kappa shape index (κ3) is 3.04. The third-order valence-corrected chi connectivity index (χ3v) is 3.44. The standard InChI is InChI=1S/C13H10N4O4S/c1-7-5-10(17-21-7)15-11(18)8-6-20-13(14-8)16-12(19)9-3-2-4-22-9/h2-6H,1H3,(H,14,16,19)(H,15,17,18). The number of hydrogen-bond donors (Lipinski definition) is 2. The van der Waals surface area contributed by atoms with E-state index in [1.54, 1.807) is 30.5 Å². The zero-order chi connectivity index (χ0) is 15.5. The van der Waals surface area contributed by atoms with Gasteiger partial charge < -0.3 is 14.3 Å². The highest BCUT2D eigenvalue weighted by Crippen LogP contribution is 2.14. The highest BCUT2D eigenvalue weighted by Gasteiger charge is 2.16. The zero-order valence-electron chi connectivity index (χ0n) is 11.3. The van der Waals surface area contributed by atoms with Gasteiger partial charge in [0.15, 0.2) is 11.5 Å². The van der Waals surface area contributed by atoms with Crippen molar-refractivity contribution in [1.82, 2.24) is 10.1 Å². The largest absolute Gasteiger partial charge is 0.431 e. The summed E-state index contributed by atoms with van der Waals surface area (Å²) in [6.07, 6.45) is 1.15. The van der Waals surface area contributed by atoms with E-state index in [4.69, 9.17) is 8.94 Å². The van der Waals surface area contributed by atoms with Crippen LogP contribution < -0.4 is 10.6 Å². The first-order valence-electron chi connectivity index (χ1n) is 6.17. The lowest BCUT2D eigenvalue weighted by Crippen LogP contribution is -2.14. The Bertz CT molecular complexity index is 806. The number of aromatic nitrogens is 2. The summed E-state index contributed by atoms with van der Waals surface area (Å²) in [4.78, 5) is 28.2. The lowest BCUT2D eigenvalue weighted by atomic mass is 10.4. The van der Waals surface area contributed by atoms with E-state index in [2.05, 4.69) is 20.8 Å². The number of anilines is 2. The van der Waals surface area contributed by atoms with Crippen molar-refractivity contribution in [1.29, 1.82) is 0 Å². The number of rotatable bonds is 4. The molecule has 0 saturated carbocycles. The first-order chi connectivity index (χ1) is 10.6. The molecule has 0 aromatic carbocycles. The molecule has 0 spiro atoms. The van der Waals surface area contributed by atoms with Gasteiger partial charge in [0.05, 0.1) is 4.88 Å². The normalized spacial score (nSPS) is 10.4. The third-order valence-electron chi connectivity index (χ3n) is 2.57. The van der Waals surface area contributed by atoms with Crippen molar-refractivity contribution in [3.63, 3.8) is 0 Å². The maximum Gasteiger partial charge on any atom is 0.302 e. The lowest BCUT2D eigenvalue weighted by molar-refractivity contribution is 0.101. The molecule has 0 aliphatic rings. The van der Waals surface area contributed by atoms with E-state index < -0.39 is 5.91 Å². The van der Waals surface area contributed by atoms with Crippen molar-refractivity contribution in [3.05, 3.63) is 46.2 Å². The molecule has 0 aliphatic carbocycles. The second kappa shape index (κ2) is 5.82. The van der Waals surface area contributed by atoms with E-state index in [1.165, 1.54) is 11.3 Å². The van der Waals surface area contributed by atoms with Crippen LogP contribution in [0.25, 0.3) is 0 Å². The van der Waals surface area contributed by atoms with Crippen molar-refractivity contribution in [2.45, 2.75) is 6.92 Å². The number of nitrogens with one attached hydrogen (secondary N) is 2. The van der Waals surface area contributed by atoms with Gasteiger partial charge in [0.2, 0.25) is 0 Å². The van der Waals surface area contributed by atoms with Crippen molar-refractivity contribution in [3.8, 4) is 0 Å². The minimum Gasteiger partial charge on any atom is -0.431 e. The van der Waals surface area contributed by atoms with Crippen molar-refractivity contribution in [2.75, 3.05) is 10.6 Å². The highest BCUT2D eigenvalue weighted by molar-refractivity contribution is 7.12. The van der Waals surface area contributed by atoms with Crippen LogP contribution in [0.4, 0.5) is 11.8 Å². The Morgan fingerprint density at radius 1 is 1.27 bits per heavy atom. The number of aryl methyl sites for hydroxylation is 1. The number of carbonyl (C=O) groups excluding carboxylic acids is 2. The van der Waals surface area contributed by atoms with E-state index >= 15 is 0 Å². The number of carbonyl (C=O) groups is 2. The van der Waals surface area contributed by atoms with Gasteiger partial charge in [-0.3, -0.25) is 14.9 Å². The molecule has 0 radical (unpaired) electrons. The van der Waals surface area contributed by atoms with Gasteiger partial charge in [-0.25, -0.2) is 0 Å². The van der Waals surface area contributed by atoms with Gasteiger partial charge in [-0.05, 0) is 18.4 Å². The second-order valence-corrected chi connectivity index (χ2v) is 5.19. The van der Waals surface area contributed by atoms with Crippen LogP contribution in [0.2, 0.25) is 0 Å². The van der Waals surface area contributed by atoms with Crippen LogP contribution in [0, 0.1) is 6.92 Å². The van der Waals surface area contributed by atoms with E-state index in [-0.39, 0.29) is 23.4 Å². The van der Waals surface area contributed by atoms with Crippen LogP contribution in [0.15, 0.2) is 38.8 Å². The second-order valence-electron chi connectivity index (χ2n) is 4.25. The molecule has 0 atom stereocenters. The number of amides is 2. The molecule has 2 amide bonds. The van der Waals surface area contributed by atoms with Gasteiger partial charge in [0.1, 0.15) is 12.0 Å². The summed E-state index contributed by atoms with van der Waals surface area (Å²) in [5, 5.41) is 10.4. The predicted molar refractivity (Wildman–Crippen MR) is 78.0 cm³/mol. The summed E-state index contributed by atoms with van der Waals surface area (Å²) in [6.45, 7) is 1.71. The average Bonchev–Trinajstić information content (AvgIpc) is 3.20. The molecule has 0 unspecified atom stereocenters. The minimum absolute atomic E-state index is 0.0159. The molecular formula is C13H10N4O4S. The molecule has 9 heteroatoms. The van der Waals surface area contributed by atoms with Crippen LogP contribution in [0.1, 0.15) is 25.9 Å². The number of oxazole rings is 1. The van der Waals surface area contributed by atoms with Gasteiger partial charge in [0, 0.05) is 6.07 Å².